The van der Waals surface area contributed by atoms with Gasteiger partial charge >= 0.3 is 5.97 Å². The van der Waals surface area contributed by atoms with Crippen LogP contribution in [-0.4, -0.2) is 24.3 Å². The highest BCUT2D eigenvalue weighted by Crippen LogP contribution is 2.31. The minimum atomic E-state index is -1.01. The van der Waals surface area contributed by atoms with Crippen LogP contribution in [0.25, 0.3) is 27.8 Å². The molecule has 0 aliphatic heterocycles. The molecule has 0 radical (unpaired) electrons. The van der Waals surface area contributed by atoms with Gasteiger partial charge in [0.25, 0.3) is 0 Å². The van der Waals surface area contributed by atoms with Gasteiger partial charge < -0.3 is 14.6 Å². The number of benzene rings is 5. The zero-order valence-corrected chi connectivity index (χ0v) is 28.2. The predicted octanol–water partition coefficient (Wildman–Crippen LogP) is 10.6. The number of aliphatic carboxylic acids is 1. The van der Waals surface area contributed by atoms with Crippen LogP contribution in [0.1, 0.15) is 63.8 Å². The lowest BCUT2D eigenvalue weighted by Gasteiger charge is -2.19. The largest absolute Gasteiger partial charge is 0.490 e. The third-order valence-electron chi connectivity index (χ3n) is 8.28. The summed E-state index contributed by atoms with van der Waals surface area (Å²) in [5.41, 5.74) is 10.9. The van der Waals surface area contributed by atoms with E-state index in [2.05, 4.69) is 145 Å². The first-order chi connectivity index (χ1) is 22.4. The average molecular weight is 625 g/mol. The molecule has 4 heteroatoms. The highest BCUT2D eigenvalue weighted by atomic mass is 16.5. The maximum absolute atomic E-state index is 10.8. The number of carbonyl (C=O) groups is 1. The van der Waals surface area contributed by atoms with Gasteiger partial charge in [-0.15, -0.1) is 0 Å². The number of carboxylic acids is 1. The normalized spacial score (nSPS) is 11.5. The highest BCUT2D eigenvalue weighted by molar-refractivity contribution is 5.82. The standard InChI is InChI=1S/C43H44O4/c1-42(2,3)36-19-15-32(16-20-36)30-7-11-34(12-8-30)40(27-28-46-38-23-25-39(26-24-38)47-29-41(44)45)35-13-9-31(10-14-35)33-17-21-37(22-18-33)43(4,5)6/h7-27H,28-29H2,1-6H3,(H,44,45). The molecule has 47 heavy (non-hydrogen) atoms. The Balaban J connectivity index is 1.39. The van der Waals surface area contributed by atoms with Gasteiger partial charge in [0, 0.05) is 0 Å². The van der Waals surface area contributed by atoms with Gasteiger partial charge in [0.2, 0.25) is 0 Å². The summed E-state index contributed by atoms with van der Waals surface area (Å²) >= 11 is 0. The summed E-state index contributed by atoms with van der Waals surface area (Å²) in [6, 6.07) is 42.1. The van der Waals surface area contributed by atoms with Crippen molar-refractivity contribution in [3.63, 3.8) is 0 Å². The Bertz CT molecular complexity index is 1700. The molecule has 0 aliphatic carbocycles. The summed E-state index contributed by atoms with van der Waals surface area (Å²) in [7, 11) is 0. The molecular weight excluding hydrogens is 580 g/mol. The van der Waals surface area contributed by atoms with Gasteiger partial charge in [0.05, 0.1) is 0 Å². The van der Waals surface area contributed by atoms with E-state index in [9.17, 15) is 4.79 Å². The van der Waals surface area contributed by atoms with Gasteiger partial charge in [-0.05, 0) is 91.3 Å². The molecule has 240 valence electrons. The Morgan fingerprint density at radius 3 is 1.21 bits per heavy atom. The van der Waals surface area contributed by atoms with Crippen LogP contribution in [0.3, 0.4) is 0 Å². The maximum Gasteiger partial charge on any atom is 0.341 e. The summed E-state index contributed by atoms with van der Waals surface area (Å²) in [5.74, 6) is 0.143. The lowest BCUT2D eigenvalue weighted by atomic mass is 9.86. The summed E-state index contributed by atoms with van der Waals surface area (Å²) in [6.07, 6.45) is 2.11. The van der Waals surface area contributed by atoms with Crippen molar-refractivity contribution in [1.82, 2.24) is 0 Å². The smallest absolute Gasteiger partial charge is 0.341 e. The van der Waals surface area contributed by atoms with E-state index in [1.165, 1.54) is 33.4 Å². The van der Waals surface area contributed by atoms with Crippen molar-refractivity contribution in [2.45, 2.75) is 52.4 Å². The number of carboxylic acid groups (broad SMARTS) is 1. The fraction of sp³-hybridized carbons (Fsp3) is 0.233. The van der Waals surface area contributed by atoms with E-state index in [0.717, 1.165) is 16.7 Å². The van der Waals surface area contributed by atoms with Gasteiger partial charge in [0.1, 0.15) is 18.1 Å². The highest BCUT2D eigenvalue weighted by Gasteiger charge is 2.15. The fourth-order valence-electron chi connectivity index (χ4n) is 5.41. The predicted molar refractivity (Wildman–Crippen MR) is 193 cm³/mol. The molecule has 0 bridgehead atoms. The van der Waals surface area contributed by atoms with Crippen molar-refractivity contribution in [3.8, 4) is 33.8 Å². The quantitative estimate of drug-likeness (QED) is 0.168. The Hall–Kier alpha value is -5.09. The molecule has 4 nitrogen and oxygen atoms in total. The first-order valence-corrected chi connectivity index (χ1v) is 16.1. The fourth-order valence-corrected chi connectivity index (χ4v) is 5.41. The number of hydrogen-bond acceptors (Lipinski definition) is 3. The minimum absolute atomic E-state index is 0.117. The van der Waals surface area contributed by atoms with Gasteiger partial charge in [-0.3, -0.25) is 0 Å². The monoisotopic (exact) mass is 624 g/mol. The van der Waals surface area contributed by atoms with Crippen LogP contribution in [0, 0.1) is 0 Å². The molecule has 0 saturated carbocycles. The summed E-state index contributed by atoms with van der Waals surface area (Å²) in [6.45, 7) is 13.4. The molecule has 5 aromatic rings. The van der Waals surface area contributed by atoms with Gasteiger partial charge in [-0.25, -0.2) is 4.79 Å². The molecular formula is C43H44O4. The average Bonchev–Trinajstić information content (AvgIpc) is 3.06. The van der Waals surface area contributed by atoms with Crippen molar-refractivity contribution in [2.75, 3.05) is 13.2 Å². The van der Waals surface area contributed by atoms with Gasteiger partial charge in [-0.1, -0.05) is 139 Å². The van der Waals surface area contributed by atoms with Crippen LogP contribution in [-0.2, 0) is 15.6 Å². The second-order valence-electron chi connectivity index (χ2n) is 13.9. The molecule has 0 saturated heterocycles. The van der Waals surface area contributed by atoms with Crippen LogP contribution in [0.4, 0.5) is 0 Å². The van der Waals surface area contributed by atoms with E-state index in [1.807, 2.05) is 0 Å². The van der Waals surface area contributed by atoms with Crippen molar-refractivity contribution in [3.05, 3.63) is 150 Å². The zero-order chi connectivity index (χ0) is 33.6. The first kappa shape index (κ1) is 33.3. The Morgan fingerprint density at radius 1 is 0.532 bits per heavy atom. The van der Waals surface area contributed by atoms with Crippen LogP contribution < -0.4 is 9.47 Å². The molecule has 0 unspecified atom stereocenters. The molecule has 0 aliphatic rings. The van der Waals surface area contributed by atoms with Crippen molar-refractivity contribution < 1.29 is 19.4 Å². The van der Waals surface area contributed by atoms with Crippen molar-refractivity contribution in [2.24, 2.45) is 0 Å². The van der Waals surface area contributed by atoms with E-state index in [1.54, 1.807) is 24.3 Å². The number of rotatable bonds is 10. The van der Waals surface area contributed by atoms with E-state index < -0.39 is 5.97 Å². The molecule has 0 amide bonds. The van der Waals surface area contributed by atoms with Crippen LogP contribution in [0.15, 0.2) is 127 Å². The van der Waals surface area contributed by atoms with Crippen molar-refractivity contribution >= 4 is 11.5 Å². The maximum atomic E-state index is 10.8. The van der Waals surface area contributed by atoms with E-state index in [4.69, 9.17) is 14.6 Å². The Kier molecular flexibility index (Phi) is 10.0. The van der Waals surface area contributed by atoms with Crippen molar-refractivity contribution in [1.29, 1.82) is 0 Å². The third kappa shape index (κ3) is 8.80. The minimum Gasteiger partial charge on any atom is -0.490 e. The first-order valence-electron chi connectivity index (χ1n) is 16.1. The molecule has 0 aromatic heterocycles. The topological polar surface area (TPSA) is 55.8 Å². The molecule has 0 fully saturated rings. The summed E-state index contributed by atoms with van der Waals surface area (Å²) in [4.78, 5) is 10.8. The third-order valence-corrected chi connectivity index (χ3v) is 8.28. The summed E-state index contributed by atoms with van der Waals surface area (Å²) in [5, 5.41) is 8.85. The molecule has 0 spiro atoms. The zero-order valence-electron chi connectivity index (χ0n) is 28.2. The Morgan fingerprint density at radius 2 is 0.872 bits per heavy atom. The van der Waals surface area contributed by atoms with E-state index >= 15 is 0 Å². The lowest BCUT2D eigenvalue weighted by Crippen LogP contribution is -2.10. The van der Waals surface area contributed by atoms with Gasteiger partial charge in [-0.2, -0.15) is 0 Å². The SMILES string of the molecule is CC(C)(C)c1ccc(-c2ccc(C(=CCOc3ccc(OCC(=O)O)cc3)c3ccc(-c4ccc(C(C)(C)C)cc4)cc3)cc2)cc1. The second kappa shape index (κ2) is 14.1. The second-order valence-corrected chi connectivity index (χ2v) is 13.9. The molecule has 5 rings (SSSR count). The van der Waals surface area contributed by atoms with Gasteiger partial charge in [0.15, 0.2) is 6.61 Å². The van der Waals surface area contributed by atoms with E-state index in [-0.39, 0.29) is 17.4 Å². The van der Waals surface area contributed by atoms with E-state index in [0.29, 0.717) is 18.1 Å². The summed E-state index contributed by atoms with van der Waals surface area (Å²) < 4.78 is 11.3. The number of ether oxygens (including phenoxy) is 2. The lowest BCUT2D eigenvalue weighted by molar-refractivity contribution is -0.139. The van der Waals surface area contributed by atoms with Crippen LogP contribution in [0.2, 0.25) is 0 Å². The molecule has 1 N–H and O–H groups in total. The van der Waals surface area contributed by atoms with Crippen LogP contribution >= 0.6 is 0 Å². The molecule has 0 heterocycles. The molecule has 0 atom stereocenters. The van der Waals surface area contributed by atoms with Crippen LogP contribution in [0.5, 0.6) is 11.5 Å². The molecule has 5 aromatic carbocycles. The number of hydrogen-bond donors (Lipinski definition) is 1. The Labute approximate surface area is 279 Å².